The van der Waals surface area contributed by atoms with Crippen molar-refractivity contribution in [3.63, 3.8) is 0 Å². The molecule has 1 amide bonds. The number of amides is 1. The molecule has 1 aromatic carbocycles. The van der Waals surface area contributed by atoms with Gasteiger partial charge in [-0.15, -0.1) is 0 Å². The van der Waals surface area contributed by atoms with Crippen LogP contribution in [0.15, 0.2) is 24.3 Å². The topological polar surface area (TPSA) is 29.5 Å². The van der Waals surface area contributed by atoms with Gasteiger partial charge in [0.25, 0.3) is 0 Å². The molecule has 2 unspecified atom stereocenters. The van der Waals surface area contributed by atoms with Crippen LogP contribution in [0, 0.1) is 17.8 Å². The molecule has 3 nitrogen and oxygen atoms in total. The van der Waals surface area contributed by atoms with Crippen LogP contribution in [-0.4, -0.2) is 31.0 Å². The first-order valence-corrected chi connectivity index (χ1v) is 7.64. The second kappa shape index (κ2) is 5.65. The number of likely N-dealkylation sites (N-methyl/N-ethyl adjacent to an activating group) is 1. The molecule has 0 bridgehead atoms. The van der Waals surface area contributed by atoms with E-state index in [2.05, 4.69) is 0 Å². The van der Waals surface area contributed by atoms with Crippen LogP contribution in [-0.2, 0) is 4.79 Å². The molecule has 108 valence electrons. The van der Waals surface area contributed by atoms with Crippen molar-refractivity contribution in [2.24, 2.45) is 17.8 Å². The first kappa shape index (κ1) is 13.7. The van der Waals surface area contributed by atoms with E-state index >= 15 is 0 Å². The predicted octanol–water partition coefficient (Wildman–Crippen LogP) is 3.22. The first-order chi connectivity index (χ1) is 9.63. The van der Waals surface area contributed by atoms with E-state index in [-0.39, 0.29) is 11.8 Å². The lowest BCUT2D eigenvalue weighted by molar-refractivity contribution is -0.134. The summed E-state index contributed by atoms with van der Waals surface area (Å²) in [5, 5.41) is 0.699. The van der Waals surface area contributed by atoms with Crippen molar-refractivity contribution in [1.82, 2.24) is 4.90 Å². The quantitative estimate of drug-likeness (QED) is 0.834. The highest BCUT2D eigenvalue weighted by Gasteiger charge is 2.48. The number of carbonyl (C=O) groups excluding carboxylic acids is 1. The molecule has 2 atom stereocenters. The fourth-order valence-corrected chi connectivity index (χ4v) is 3.30. The Morgan fingerprint density at radius 3 is 2.55 bits per heavy atom. The molecule has 2 fully saturated rings. The number of carbonyl (C=O) groups is 1. The molecule has 0 aromatic heterocycles. The molecule has 0 heterocycles. The molecule has 0 N–H and O–H groups in total. The van der Waals surface area contributed by atoms with Crippen LogP contribution in [0.3, 0.4) is 0 Å². The Labute approximate surface area is 124 Å². The highest BCUT2D eigenvalue weighted by Crippen LogP contribution is 2.54. The third-order valence-corrected chi connectivity index (χ3v) is 4.73. The SMILES string of the molecule is CN(CCOc1ccc(Cl)cc1)C(=O)C1CC2CC2C1. The third-order valence-electron chi connectivity index (χ3n) is 4.48. The summed E-state index contributed by atoms with van der Waals surface area (Å²) in [6.07, 6.45) is 3.56. The van der Waals surface area contributed by atoms with Gasteiger partial charge >= 0.3 is 0 Å². The highest BCUT2D eigenvalue weighted by atomic mass is 35.5. The fraction of sp³-hybridized carbons (Fsp3) is 0.562. The van der Waals surface area contributed by atoms with Crippen LogP contribution < -0.4 is 4.74 Å². The summed E-state index contributed by atoms with van der Waals surface area (Å²) in [5.74, 6) is 3.04. The normalized spacial score (nSPS) is 27.0. The summed E-state index contributed by atoms with van der Waals surface area (Å²) in [4.78, 5) is 14.1. The summed E-state index contributed by atoms with van der Waals surface area (Å²) >= 11 is 5.82. The Hall–Kier alpha value is -1.22. The molecule has 2 aliphatic rings. The Balaban J connectivity index is 1.41. The molecular formula is C16H20ClNO2. The van der Waals surface area contributed by atoms with Gasteiger partial charge in [-0.05, 0) is 55.4 Å². The Morgan fingerprint density at radius 2 is 1.90 bits per heavy atom. The lowest BCUT2D eigenvalue weighted by Crippen LogP contribution is -2.35. The van der Waals surface area contributed by atoms with Gasteiger partial charge in [-0.3, -0.25) is 4.79 Å². The minimum absolute atomic E-state index is 0.263. The number of halogens is 1. The summed E-state index contributed by atoms with van der Waals surface area (Å²) in [6, 6.07) is 7.29. The number of hydrogen-bond donors (Lipinski definition) is 0. The van der Waals surface area contributed by atoms with Crippen molar-refractivity contribution in [2.75, 3.05) is 20.2 Å². The monoisotopic (exact) mass is 293 g/mol. The van der Waals surface area contributed by atoms with Crippen molar-refractivity contribution >= 4 is 17.5 Å². The Kier molecular flexibility index (Phi) is 3.88. The van der Waals surface area contributed by atoms with Crippen LogP contribution in [0.25, 0.3) is 0 Å². The number of nitrogens with zero attached hydrogens (tertiary/aromatic N) is 1. The summed E-state index contributed by atoms with van der Waals surface area (Å²) in [6.45, 7) is 1.15. The molecule has 0 saturated heterocycles. The summed E-state index contributed by atoms with van der Waals surface area (Å²) < 4.78 is 5.62. The molecule has 20 heavy (non-hydrogen) atoms. The maximum Gasteiger partial charge on any atom is 0.225 e. The molecule has 0 spiro atoms. The number of rotatable bonds is 5. The van der Waals surface area contributed by atoms with E-state index in [1.807, 2.05) is 24.1 Å². The molecule has 4 heteroatoms. The zero-order valence-electron chi connectivity index (χ0n) is 11.7. The molecule has 2 aliphatic carbocycles. The molecule has 2 saturated carbocycles. The zero-order chi connectivity index (χ0) is 14.1. The summed E-state index contributed by atoms with van der Waals surface area (Å²) in [5.41, 5.74) is 0. The van der Waals surface area contributed by atoms with E-state index in [1.165, 1.54) is 6.42 Å². The average molecular weight is 294 g/mol. The lowest BCUT2D eigenvalue weighted by Gasteiger charge is -2.22. The number of ether oxygens (including phenoxy) is 1. The fourth-order valence-electron chi connectivity index (χ4n) is 3.17. The van der Waals surface area contributed by atoms with Crippen molar-refractivity contribution in [3.05, 3.63) is 29.3 Å². The van der Waals surface area contributed by atoms with Gasteiger partial charge in [0.1, 0.15) is 12.4 Å². The highest BCUT2D eigenvalue weighted by molar-refractivity contribution is 6.30. The first-order valence-electron chi connectivity index (χ1n) is 7.27. The second-order valence-corrected chi connectivity index (χ2v) is 6.42. The minimum atomic E-state index is 0.263. The molecule has 3 rings (SSSR count). The molecule has 0 aliphatic heterocycles. The Morgan fingerprint density at radius 1 is 1.25 bits per heavy atom. The van der Waals surface area contributed by atoms with E-state index in [1.54, 1.807) is 12.1 Å². The van der Waals surface area contributed by atoms with Crippen LogP contribution in [0.5, 0.6) is 5.75 Å². The van der Waals surface area contributed by atoms with E-state index < -0.39 is 0 Å². The lowest BCUT2D eigenvalue weighted by atomic mass is 10.0. The average Bonchev–Trinajstić information content (AvgIpc) is 3.06. The van der Waals surface area contributed by atoms with Gasteiger partial charge in [-0.2, -0.15) is 0 Å². The van der Waals surface area contributed by atoms with Gasteiger partial charge in [0, 0.05) is 18.0 Å². The summed E-state index contributed by atoms with van der Waals surface area (Å²) in [7, 11) is 1.87. The number of benzene rings is 1. The van der Waals surface area contributed by atoms with Gasteiger partial charge in [0.05, 0.1) is 6.54 Å². The second-order valence-electron chi connectivity index (χ2n) is 5.99. The molecule has 1 aromatic rings. The standard InChI is InChI=1S/C16H20ClNO2/c1-18(16(19)13-9-11-8-12(11)10-13)6-7-20-15-4-2-14(17)3-5-15/h2-5,11-13H,6-10H2,1H3. The van der Waals surface area contributed by atoms with Gasteiger partial charge in [-0.25, -0.2) is 0 Å². The van der Waals surface area contributed by atoms with Crippen molar-refractivity contribution in [1.29, 1.82) is 0 Å². The molecular weight excluding hydrogens is 274 g/mol. The van der Waals surface area contributed by atoms with Gasteiger partial charge < -0.3 is 9.64 Å². The largest absolute Gasteiger partial charge is 0.492 e. The smallest absolute Gasteiger partial charge is 0.225 e. The predicted molar refractivity (Wildman–Crippen MR) is 78.9 cm³/mol. The Bertz CT molecular complexity index is 478. The van der Waals surface area contributed by atoms with E-state index in [0.29, 0.717) is 18.2 Å². The maximum absolute atomic E-state index is 12.3. The van der Waals surface area contributed by atoms with Crippen LogP contribution in [0.2, 0.25) is 5.02 Å². The third kappa shape index (κ3) is 3.09. The zero-order valence-corrected chi connectivity index (χ0v) is 12.5. The van der Waals surface area contributed by atoms with Crippen LogP contribution >= 0.6 is 11.6 Å². The van der Waals surface area contributed by atoms with Gasteiger partial charge in [-0.1, -0.05) is 11.6 Å². The van der Waals surface area contributed by atoms with Crippen molar-refractivity contribution in [2.45, 2.75) is 19.3 Å². The molecule has 0 radical (unpaired) electrons. The number of fused-ring (bicyclic) bond motifs is 1. The van der Waals surface area contributed by atoms with E-state index in [9.17, 15) is 4.79 Å². The van der Waals surface area contributed by atoms with Gasteiger partial charge in [0.2, 0.25) is 5.91 Å². The van der Waals surface area contributed by atoms with E-state index in [0.717, 1.165) is 30.4 Å². The maximum atomic E-state index is 12.3. The van der Waals surface area contributed by atoms with Crippen molar-refractivity contribution in [3.8, 4) is 5.75 Å². The number of hydrogen-bond acceptors (Lipinski definition) is 2. The van der Waals surface area contributed by atoms with Gasteiger partial charge in [0.15, 0.2) is 0 Å². The minimum Gasteiger partial charge on any atom is -0.492 e. The van der Waals surface area contributed by atoms with Crippen molar-refractivity contribution < 1.29 is 9.53 Å². The van der Waals surface area contributed by atoms with E-state index in [4.69, 9.17) is 16.3 Å². The van der Waals surface area contributed by atoms with Crippen LogP contribution in [0.4, 0.5) is 0 Å². The van der Waals surface area contributed by atoms with Crippen LogP contribution in [0.1, 0.15) is 19.3 Å².